The molecule has 0 saturated carbocycles. The Balaban J connectivity index is 3.39. The lowest BCUT2D eigenvalue weighted by Gasteiger charge is -2.02. The number of hydrogen-bond donors (Lipinski definition) is 1. The zero-order valence-corrected chi connectivity index (χ0v) is 8.61. The molecule has 6 nitrogen and oxygen atoms in total. The van der Waals surface area contributed by atoms with Crippen molar-refractivity contribution in [1.29, 1.82) is 0 Å². The predicted molar refractivity (Wildman–Crippen MR) is 53.2 cm³/mol. The predicted octanol–water partition coefficient (Wildman–Crippen LogP) is 0.750. The van der Waals surface area contributed by atoms with Crippen molar-refractivity contribution in [3.05, 3.63) is 23.8 Å². The lowest BCUT2D eigenvalue weighted by Crippen LogP contribution is -2.01. The van der Waals surface area contributed by atoms with Gasteiger partial charge in [-0.3, -0.25) is 0 Å². The summed E-state index contributed by atoms with van der Waals surface area (Å²) >= 11 is 0. The van der Waals surface area contributed by atoms with Crippen LogP contribution in [0.3, 0.4) is 0 Å². The molecule has 0 fully saturated rings. The maximum atomic E-state index is 11.2. The number of methoxy groups -OCH3 is 1. The van der Waals surface area contributed by atoms with E-state index in [1.807, 2.05) is 0 Å². The molecule has 7 heteroatoms. The van der Waals surface area contributed by atoms with E-state index in [0.29, 0.717) is 5.69 Å². The molecule has 0 saturated heterocycles. The standard InChI is InChI=1S/C8H8N2O4S/c1-14-8(11)6-3-2-5(9)4-7(6)10-15(12)13/h2-4H,9H2,1H3. The molecule has 2 N–H and O–H groups in total. The minimum Gasteiger partial charge on any atom is -0.465 e. The van der Waals surface area contributed by atoms with Crippen LogP contribution in [0.15, 0.2) is 22.6 Å². The fraction of sp³-hybridized carbons (Fsp3) is 0.125. The minimum absolute atomic E-state index is 0.0322. The number of benzene rings is 1. The molecule has 0 aliphatic rings. The van der Waals surface area contributed by atoms with Gasteiger partial charge in [-0.05, 0) is 18.2 Å². The SMILES string of the molecule is COC(=O)c1ccc(N)cc1N=S(=O)=O. The topological polar surface area (TPSA) is 98.8 Å². The third-order valence-corrected chi connectivity index (χ3v) is 1.95. The molecule has 1 aromatic carbocycles. The first-order valence-electron chi connectivity index (χ1n) is 3.83. The van der Waals surface area contributed by atoms with Gasteiger partial charge < -0.3 is 10.5 Å². The molecule has 0 heterocycles. The van der Waals surface area contributed by atoms with Gasteiger partial charge in [-0.2, -0.15) is 8.42 Å². The van der Waals surface area contributed by atoms with Gasteiger partial charge in [0, 0.05) is 5.69 Å². The normalized spacial score (nSPS) is 9.40. The molecule has 0 unspecified atom stereocenters. The van der Waals surface area contributed by atoms with Crippen molar-refractivity contribution in [1.82, 2.24) is 0 Å². The molecule has 1 aromatic rings. The molecule has 0 aromatic heterocycles. The zero-order valence-electron chi connectivity index (χ0n) is 7.80. The van der Waals surface area contributed by atoms with Crippen molar-refractivity contribution in [3.63, 3.8) is 0 Å². The van der Waals surface area contributed by atoms with Gasteiger partial charge in [0.2, 0.25) is 0 Å². The monoisotopic (exact) mass is 228 g/mol. The number of carbonyl (C=O) groups is 1. The summed E-state index contributed by atoms with van der Waals surface area (Å²) in [6.45, 7) is 0. The number of rotatable bonds is 2. The highest BCUT2D eigenvalue weighted by molar-refractivity contribution is 7.61. The van der Waals surface area contributed by atoms with E-state index in [1.54, 1.807) is 0 Å². The summed E-state index contributed by atoms with van der Waals surface area (Å²) in [6.07, 6.45) is 0. The Hall–Kier alpha value is -1.89. The second-order valence-corrected chi connectivity index (χ2v) is 3.19. The number of nitrogens with zero attached hydrogens (tertiary/aromatic N) is 1. The molecule has 0 aliphatic carbocycles. The summed E-state index contributed by atoms with van der Waals surface area (Å²) in [7, 11) is -1.45. The number of nitrogen functional groups attached to an aromatic ring is 1. The van der Waals surface area contributed by atoms with E-state index in [-0.39, 0.29) is 11.3 Å². The Morgan fingerprint density at radius 1 is 1.47 bits per heavy atom. The van der Waals surface area contributed by atoms with Crippen LogP contribution in [0.25, 0.3) is 0 Å². The van der Waals surface area contributed by atoms with Crippen LogP contribution in [0.1, 0.15) is 10.4 Å². The average molecular weight is 228 g/mol. The van der Waals surface area contributed by atoms with E-state index < -0.39 is 16.5 Å². The highest BCUT2D eigenvalue weighted by Gasteiger charge is 2.11. The van der Waals surface area contributed by atoms with Crippen molar-refractivity contribution in [2.45, 2.75) is 0 Å². The zero-order chi connectivity index (χ0) is 11.4. The van der Waals surface area contributed by atoms with Crippen LogP contribution in [0.4, 0.5) is 11.4 Å². The van der Waals surface area contributed by atoms with E-state index in [0.717, 1.165) is 0 Å². The molecule has 15 heavy (non-hydrogen) atoms. The Bertz CT molecular complexity index is 513. The molecule has 0 radical (unpaired) electrons. The van der Waals surface area contributed by atoms with Crippen LogP contribution in [0.5, 0.6) is 0 Å². The third-order valence-electron chi connectivity index (χ3n) is 1.60. The van der Waals surface area contributed by atoms with Crippen molar-refractivity contribution in [3.8, 4) is 0 Å². The van der Waals surface area contributed by atoms with E-state index in [2.05, 4.69) is 9.10 Å². The van der Waals surface area contributed by atoms with Crippen molar-refractivity contribution in [2.75, 3.05) is 12.8 Å². The second kappa shape index (κ2) is 4.56. The molecule has 0 bridgehead atoms. The summed E-state index contributed by atoms with van der Waals surface area (Å²) < 4.78 is 28.4. The molecule has 0 amide bonds. The molecule has 0 spiro atoms. The molecule has 1 rings (SSSR count). The molecular weight excluding hydrogens is 220 g/mol. The number of hydrogen-bond acceptors (Lipinski definition) is 6. The van der Waals surface area contributed by atoms with Gasteiger partial charge in [0.15, 0.2) is 0 Å². The number of anilines is 1. The van der Waals surface area contributed by atoms with E-state index in [9.17, 15) is 13.2 Å². The van der Waals surface area contributed by atoms with Gasteiger partial charge >= 0.3 is 16.5 Å². The molecular formula is C8H8N2O4S. The summed E-state index contributed by atoms with van der Waals surface area (Å²) in [5, 5.41) is 0. The average Bonchev–Trinajstić information content (AvgIpc) is 2.16. The van der Waals surface area contributed by atoms with Gasteiger partial charge in [0.05, 0.1) is 18.4 Å². The first-order valence-corrected chi connectivity index (χ1v) is 4.86. The Morgan fingerprint density at radius 3 is 2.67 bits per heavy atom. The maximum Gasteiger partial charge on any atom is 0.340 e. The lowest BCUT2D eigenvalue weighted by molar-refractivity contribution is 0.0602. The van der Waals surface area contributed by atoms with Crippen molar-refractivity contribution < 1.29 is 17.9 Å². The molecule has 0 aliphatic heterocycles. The maximum absolute atomic E-state index is 11.2. The van der Waals surface area contributed by atoms with E-state index >= 15 is 0 Å². The van der Waals surface area contributed by atoms with Crippen LogP contribution in [-0.2, 0) is 15.2 Å². The van der Waals surface area contributed by atoms with Crippen molar-refractivity contribution in [2.24, 2.45) is 4.36 Å². The first kappa shape index (κ1) is 11.2. The quantitative estimate of drug-likeness (QED) is 0.594. The van der Waals surface area contributed by atoms with Crippen LogP contribution in [0, 0.1) is 0 Å². The highest BCUT2D eigenvalue weighted by Crippen LogP contribution is 2.22. The smallest absolute Gasteiger partial charge is 0.340 e. The summed E-state index contributed by atoms with van der Waals surface area (Å²) in [5.74, 6) is -0.667. The van der Waals surface area contributed by atoms with E-state index in [1.165, 1.54) is 25.3 Å². The van der Waals surface area contributed by atoms with Gasteiger partial charge in [-0.1, -0.05) is 0 Å². The third kappa shape index (κ3) is 2.78. The van der Waals surface area contributed by atoms with Crippen LogP contribution >= 0.6 is 0 Å². The number of esters is 1. The summed E-state index contributed by atoms with van der Waals surface area (Å²) in [6, 6.07) is 4.09. The second-order valence-electron chi connectivity index (χ2n) is 2.58. The fourth-order valence-electron chi connectivity index (χ4n) is 0.987. The number of carbonyl (C=O) groups excluding carboxylic acids is 1. The van der Waals surface area contributed by atoms with Crippen LogP contribution < -0.4 is 5.73 Å². The molecule has 0 atom stereocenters. The Morgan fingerprint density at radius 2 is 2.13 bits per heavy atom. The van der Waals surface area contributed by atoms with Gasteiger partial charge in [-0.15, -0.1) is 4.36 Å². The minimum atomic E-state index is -2.64. The Kier molecular flexibility index (Phi) is 3.40. The Labute approximate surface area is 87.4 Å². The van der Waals surface area contributed by atoms with Crippen molar-refractivity contribution >= 4 is 27.8 Å². The van der Waals surface area contributed by atoms with Gasteiger partial charge in [0.1, 0.15) is 0 Å². The number of nitrogens with two attached hydrogens (primary N) is 1. The lowest BCUT2D eigenvalue weighted by atomic mass is 10.1. The van der Waals surface area contributed by atoms with Gasteiger partial charge in [-0.25, -0.2) is 4.79 Å². The largest absolute Gasteiger partial charge is 0.465 e. The van der Waals surface area contributed by atoms with Crippen LogP contribution in [-0.4, -0.2) is 21.5 Å². The summed E-state index contributed by atoms with van der Waals surface area (Å²) in [4.78, 5) is 11.2. The molecule has 80 valence electrons. The number of ether oxygens (including phenoxy) is 1. The fourth-order valence-corrected chi connectivity index (χ4v) is 1.30. The summed E-state index contributed by atoms with van der Waals surface area (Å²) in [5.41, 5.74) is 5.76. The highest BCUT2D eigenvalue weighted by atomic mass is 32.2. The van der Waals surface area contributed by atoms with Crippen LogP contribution in [0.2, 0.25) is 0 Å². The first-order chi connectivity index (χ1) is 7.04. The van der Waals surface area contributed by atoms with E-state index in [4.69, 9.17) is 5.73 Å². The van der Waals surface area contributed by atoms with Gasteiger partial charge in [0.25, 0.3) is 0 Å².